The van der Waals surface area contributed by atoms with E-state index in [4.69, 9.17) is 15.2 Å². The molecule has 152 valence electrons. The summed E-state index contributed by atoms with van der Waals surface area (Å²) < 4.78 is 24.8. The lowest BCUT2D eigenvalue weighted by atomic mass is 10.2. The minimum atomic E-state index is -0.636. The summed E-state index contributed by atoms with van der Waals surface area (Å²) in [6.07, 6.45) is -0.636. The Balaban J connectivity index is 1.76. The molecule has 2 aromatic rings. The highest BCUT2D eigenvalue weighted by Gasteiger charge is 2.33. The van der Waals surface area contributed by atoms with E-state index in [2.05, 4.69) is 20.2 Å². The first kappa shape index (κ1) is 19.0. The zero-order valence-corrected chi connectivity index (χ0v) is 16.1. The van der Waals surface area contributed by atoms with Gasteiger partial charge in [-0.25, -0.2) is 9.38 Å². The summed E-state index contributed by atoms with van der Waals surface area (Å²) in [6, 6.07) is 13.8. The van der Waals surface area contributed by atoms with Gasteiger partial charge in [-0.3, -0.25) is 4.90 Å². The summed E-state index contributed by atoms with van der Waals surface area (Å²) in [6.45, 7) is 2.53. The van der Waals surface area contributed by atoms with Gasteiger partial charge >= 0.3 is 0 Å². The molecule has 0 radical (unpaired) electrons. The molecule has 1 fully saturated rings. The number of morpholine rings is 1. The van der Waals surface area contributed by atoms with E-state index in [1.807, 2.05) is 29.2 Å². The van der Waals surface area contributed by atoms with Crippen LogP contribution < -0.4 is 20.7 Å². The lowest BCUT2D eigenvalue weighted by Crippen LogP contribution is -2.57. The molecule has 0 amide bonds. The van der Waals surface area contributed by atoms with Gasteiger partial charge in [-0.05, 0) is 30.3 Å². The highest BCUT2D eigenvalue weighted by Crippen LogP contribution is 2.32. The van der Waals surface area contributed by atoms with Crippen LogP contribution >= 0.6 is 0 Å². The van der Waals surface area contributed by atoms with Crippen molar-refractivity contribution >= 4 is 23.3 Å². The average molecular weight is 398 g/mol. The topological polar surface area (TPSA) is 87.7 Å². The molecule has 0 spiro atoms. The summed E-state index contributed by atoms with van der Waals surface area (Å²) in [5.74, 6) is 1.11. The third-order valence-corrected chi connectivity index (χ3v) is 4.69. The van der Waals surface area contributed by atoms with E-state index in [1.165, 1.54) is 12.1 Å². The number of ether oxygens (including phenoxy) is 2. The van der Waals surface area contributed by atoms with E-state index in [-0.39, 0.29) is 11.8 Å². The van der Waals surface area contributed by atoms with Crippen LogP contribution in [0.1, 0.15) is 0 Å². The molecule has 2 aromatic carbocycles. The molecule has 0 bridgehead atoms. The van der Waals surface area contributed by atoms with Crippen LogP contribution in [0.5, 0.6) is 5.75 Å². The Morgan fingerprint density at radius 1 is 1.17 bits per heavy atom. The van der Waals surface area contributed by atoms with Crippen LogP contribution in [-0.4, -0.2) is 56.5 Å². The Morgan fingerprint density at radius 2 is 1.97 bits per heavy atom. The zero-order valence-electron chi connectivity index (χ0n) is 16.1. The standard InChI is InChI=1S/C20H23FN6O2/c1-28-17-8-3-2-7-16(17)27-19(23-15-6-4-5-14(21)13-15)24-18(22)25-20(27)26-9-11-29-12-10-26/h2-8,13,19,23H,9-12H2,1H3,(H2,22,24). The molecule has 2 heterocycles. The van der Waals surface area contributed by atoms with Gasteiger partial charge in [0.2, 0.25) is 18.2 Å². The number of nitrogens with two attached hydrogens (primary N) is 1. The maximum absolute atomic E-state index is 13.7. The maximum atomic E-state index is 13.7. The Kier molecular flexibility index (Phi) is 5.48. The highest BCUT2D eigenvalue weighted by molar-refractivity contribution is 6.06. The smallest absolute Gasteiger partial charge is 0.222 e. The summed E-state index contributed by atoms with van der Waals surface area (Å²) in [5, 5.41) is 3.25. The first-order valence-electron chi connectivity index (χ1n) is 9.35. The number of rotatable bonds is 4. The van der Waals surface area contributed by atoms with Crippen LogP contribution in [0.3, 0.4) is 0 Å². The molecular weight excluding hydrogens is 375 g/mol. The molecule has 8 nitrogen and oxygen atoms in total. The van der Waals surface area contributed by atoms with Gasteiger partial charge in [-0.1, -0.05) is 18.2 Å². The van der Waals surface area contributed by atoms with Crippen molar-refractivity contribution in [2.75, 3.05) is 43.6 Å². The minimum absolute atomic E-state index is 0.145. The molecule has 1 saturated heterocycles. The summed E-state index contributed by atoms with van der Waals surface area (Å²) >= 11 is 0. The van der Waals surface area contributed by atoms with Crippen molar-refractivity contribution in [3.8, 4) is 5.75 Å². The molecule has 3 N–H and O–H groups in total. The summed E-state index contributed by atoms with van der Waals surface area (Å²) in [4.78, 5) is 13.0. The molecule has 4 rings (SSSR count). The largest absolute Gasteiger partial charge is 0.495 e. The van der Waals surface area contributed by atoms with Crippen LogP contribution in [0.4, 0.5) is 15.8 Å². The fraction of sp³-hybridized carbons (Fsp3) is 0.300. The van der Waals surface area contributed by atoms with Gasteiger partial charge in [0.15, 0.2) is 0 Å². The molecule has 2 aliphatic heterocycles. The van der Waals surface area contributed by atoms with Gasteiger partial charge in [0.1, 0.15) is 11.6 Å². The highest BCUT2D eigenvalue weighted by atomic mass is 19.1. The third kappa shape index (κ3) is 4.09. The first-order chi connectivity index (χ1) is 14.2. The third-order valence-electron chi connectivity index (χ3n) is 4.69. The molecule has 2 aliphatic rings. The van der Waals surface area contributed by atoms with Crippen molar-refractivity contribution < 1.29 is 13.9 Å². The number of anilines is 2. The van der Waals surface area contributed by atoms with E-state index in [9.17, 15) is 4.39 Å². The van der Waals surface area contributed by atoms with E-state index in [1.54, 1.807) is 19.2 Å². The predicted molar refractivity (Wildman–Crippen MR) is 111 cm³/mol. The van der Waals surface area contributed by atoms with Gasteiger partial charge in [-0.2, -0.15) is 4.99 Å². The van der Waals surface area contributed by atoms with Gasteiger partial charge < -0.3 is 25.4 Å². The van der Waals surface area contributed by atoms with E-state index >= 15 is 0 Å². The SMILES string of the molecule is COc1ccccc1N1C(N2CCOCC2)=NC(N)=NC1Nc1cccc(F)c1. The van der Waals surface area contributed by atoms with Crippen LogP contribution in [-0.2, 0) is 4.74 Å². The van der Waals surface area contributed by atoms with E-state index in [0.29, 0.717) is 43.7 Å². The van der Waals surface area contributed by atoms with Crippen molar-refractivity contribution in [3.05, 3.63) is 54.3 Å². The monoisotopic (exact) mass is 398 g/mol. The van der Waals surface area contributed by atoms with E-state index in [0.717, 1.165) is 5.69 Å². The summed E-state index contributed by atoms with van der Waals surface area (Å²) in [7, 11) is 1.61. The minimum Gasteiger partial charge on any atom is -0.495 e. The molecule has 9 heteroatoms. The van der Waals surface area contributed by atoms with Crippen LogP contribution in [0.15, 0.2) is 58.5 Å². The number of hydrogen-bond donors (Lipinski definition) is 2. The Morgan fingerprint density at radius 3 is 2.72 bits per heavy atom. The number of benzene rings is 2. The lowest BCUT2D eigenvalue weighted by Gasteiger charge is -2.41. The number of methoxy groups -OCH3 is 1. The fourth-order valence-electron chi connectivity index (χ4n) is 3.36. The molecule has 0 saturated carbocycles. The average Bonchev–Trinajstić information content (AvgIpc) is 2.74. The number of hydrogen-bond acceptors (Lipinski definition) is 8. The van der Waals surface area contributed by atoms with Crippen LogP contribution in [0.25, 0.3) is 0 Å². The molecule has 1 unspecified atom stereocenters. The molecule has 29 heavy (non-hydrogen) atoms. The Bertz CT molecular complexity index is 929. The molecule has 0 aliphatic carbocycles. The van der Waals surface area contributed by atoms with Gasteiger partial charge in [0.05, 0.1) is 26.0 Å². The number of halogens is 1. The van der Waals surface area contributed by atoms with Gasteiger partial charge in [0.25, 0.3) is 0 Å². The summed E-state index contributed by atoms with van der Waals surface area (Å²) in [5.41, 5.74) is 7.40. The quantitative estimate of drug-likeness (QED) is 0.820. The number of nitrogens with zero attached hydrogens (tertiary/aromatic N) is 4. The predicted octanol–water partition coefficient (Wildman–Crippen LogP) is 2.05. The Hall–Kier alpha value is -3.33. The lowest BCUT2D eigenvalue weighted by molar-refractivity contribution is 0.0671. The number of guanidine groups is 2. The zero-order chi connectivity index (χ0) is 20.2. The van der Waals surface area contributed by atoms with Crippen molar-refractivity contribution in [2.24, 2.45) is 15.7 Å². The van der Waals surface area contributed by atoms with Crippen molar-refractivity contribution in [1.29, 1.82) is 0 Å². The van der Waals surface area contributed by atoms with E-state index < -0.39 is 6.29 Å². The second-order valence-corrected chi connectivity index (χ2v) is 6.57. The fourth-order valence-corrected chi connectivity index (χ4v) is 3.36. The number of para-hydroxylation sites is 2. The maximum Gasteiger partial charge on any atom is 0.222 e. The van der Waals surface area contributed by atoms with Crippen LogP contribution in [0.2, 0.25) is 0 Å². The first-order valence-corrected chi connectivity index (χ1v) is 9.35. The van der Waals surface area contributed by atoms with Crippen molar-refractivity contribution in [3.63, 3.8) is 0 Å². The van der Waals surface area contributed by atoms with Gasteiger partial charge in [0, 0.05) is 18.8 Å². The molecule has 0 aromatic heterocycles. The number of nitrogens with one attached hydrogen (secondary N) is 1. The molecular formula is C20H23FN6O2. The van der Waals surface area contributed by atoms with Crippen LogP contribution in [0, 0.1) is 5.82 Å². The van der Waals surface area contributed by atoms with Crippen molar-refractivity contribution in [2.45, 2.75) is 6.29 Å². The van der Waals surface area contributed by atoms with Gasteiger partial charge in [-0.15, -0.1) is 0 Å². The number of aliphatic imine (C=N–C) groups is 2. The van der Waals surface area contributed by atoms with Crippen molar-refractivity contribution in [1.82, 2.24) is 4.90 Å². The second-order valence-electron chi connectivity index (χ2n) is 6.57. The normalized spacial score (nSPS) is 19.4. The Labute approximate surface area is 168 Å². The molecule has 1 atom stereocenters. The second kappa shape index (κ2) is 8.36.